The minimum atomic E-state index is -3.65. The molecule has 2 heterocycles. The van der Waals surface area contributed by atoms with E-state index in [0.717, 1.165) is 5.56 Å². The number of nitrogens with two attached hydrogens (primary N) is 1. The van der Waals surface area contributed by atoms with E-state index in [2.05, 4.69) is 25.9 Å². The molecule has 2 aromatic heterocycles. The summed E-state index contributed by atoms with van der Waals surface area (Å²) in [5, 5.41) is 23.4. The van der Waals surface area contributed by atoms with Gasteiger partial charge < -0.3 is 5.32 Å². The van der Waals surface area contributed by atoms with E-state index in [9.17, 15) is 8.42 Å². The van der Waals surface area contributed by atoms with Crippen LogP contribution in [0.5, 0.6) is 0 Å². The molecule has 22 heavy (non-hydrogen) atoms. The Morgan fingerprint density at radius 3 is 2.64 bits per heavy atom. The number of rotatable bonds is 5. The minimum Gasteiger partial charge on any atom is -0.368 e. The number of fused-ring (bicyclic) bond motifs is 1. The van der Waals surface area contributed by atoms with Crippen molar-refractivity contribution in [3.63, 3.8) is 0 Å². The maximum atomic E-state index is 11.2. The molecule has 0 saturated carbocycles. The Bertz CT molecular complexity index is 889. The summed E-state index contributed by atoms with van der Waals surface area (Å²) in [6.07, 6.45) is 0.709. The second-order valence-corrected chi connectivity index (χ2v) is 6.17. The van der Waals surface area contributed by atoms with Crippen LogP contribution in [0.3, 0.4) is 0 Å². The molecule has 10 heteroatoms. The average Bonchev–Trinajstić information content (AvgIpc) is 2.94. The van der Waals surface area contributed by atoms with Crippen LogP contribution in [-0.4, -0.2) is 40.2 Å². The van der Waals surface area contributed by atoms with Gasteiger partial charge >= 0.3 is 0 Å². The number of nitrogens with zero attached hydrogens (tertiary/aromatic N) is 5. The fraction of sp³-hybridized carbons (Fsp3) is 0.167. The summed E-state index contributed by atoms with van der Waals surface area (Å²) < 4.78 is 23.7. The zero-order chi connectivity index (χ0) is 15.6. The first-order valence-corrected chi connectivity index (χ1v) is 7.98. The molecule has 0 aliphatic carbocycles. The predicted octanol–water partition coefficient (Wildman–Crippen LogP) is -0.179. The van der Waals surface area contributed by atoms with Gasteiger partial charge in [-0.1, -0.05) is 12.1 Å². The van der Waals surface area contributed by atoms with Gasteiger partial charge in [-0.25, -0.2) is 13.6 Å². The van der Waals surface area contributed by atoms with Crippen LogP contribution in [-0.2, 0) is 16.4 Å². The van der Waals surface area contributed by atoms with Gasteiger partial charge in [0, 0.05) is 6.54 Å². The first-order valence-electron chi connectivity index (χ1n) is 6.43. The van der Waals surface area contributed by atoms with Crippen molar-refractivity contribution < 1.29 is 8.42 Å². The Balaban J connectivity index is 1.60. The molecule has 0 amide bonds. The Morgan fingerprint density at radius 1 is 1.14 bits per heavy atom. The van der Waals surface area contributed by atoms with Gasteiger partial charge in [-0.2, -0.15) is 0 Å². The van der Waals surface area contributed by atoms with Crippen LogP contribution in [0.15, 0.2) is 41.3 Å². The second-order valence-electron chi connectivity index (χ2n) is 4.61. The van der Waals surface area contributed by atoms with Crippen LogP contribution in [0.2, 0.25) is 0 Å². The first-order chi connectivity index (χ1) is 10.5. The van der Waals surface area contributed by atoms with Gasteiger partial charge in [0.15, 0.2) is 5.65 Å². The number of benzene rings is 1. The lowest BCUT2D eigenvalue weighted by atomic mass is 10.1. The van der Waals surface area contributed by atoms with Gasteiger partial charge in [-0.3, -0.25) is 0 Å². The molecule has 0 atom stereocenters. The van der Waals surface area contributed by atoms with Crippen molar-refractivity contribution in [3.8, 4) is 0 Å². The molecule has 9 nitrogen and oxygen atoms in total. The van der Waals surface area contributed by atoms with Crippen molar-refractivity contribution in [1.82, 2.24) is 25.3 Å². The largest absolute Gasteiger partial charge is 0.368 e. The highest BCUT2D eigenvalue weighted by Gasteiger charge is 2.06. The first kappa shape index (κ1) is 14.4. The van der Waals surface area contributed by atoms with Gasteiger partial charge in [0.2, 0.25) is 10.0 Å². The van der Waals surface area contributed by atoms with Crippen molar-refractivity contribution >= 4 is 21.5 Å². The summed E-state index contributed by atoms with van der Waals surface area (Å²) in [6, 6.07) is 10.0. The quantitative estimate of drug-likeness (QED) is 0.667. The number of aromatic nitrogens is 5. The van der Waals surface area contributed by atoms with Crippen molar-refractivity contribution in [2.24, 2.45) is 5.14 Å². The van der Waals surface area contributed by atoms with E-state index < -0.39 is 10.0 Å². The van der Waals surface area contributed by atoms with Crippen molar-refractivity contribution in [2.75, 3.05) is 11.9 Å². The van der Waals surface area contributed by atoms with Crippen LogP contribution in [0, 0.1) is 0 Å². The summed E-state index contributed by atoms with van der Waals surface area (Å²) >= 11 is 0. The second kappa shape index (κ2) is 5.66. The van der Waals surface area contributed by atoms with Crippen LogP contribution >= 0.6 is 0 Å². The highest BCUT2D eigenvalue weighted by molar-refractivity contribution is 7.89. The van der Waals surface area contributed by atoms with Crippen LogP contribution in [0.4, 0.5) is 5.82 Å². The van der Waals surface area contributed by atoms with Crippen molar-refractivity contribution in [2.45, 2.75) is 11.3 Å². The lowest BCUT2D eigenvalue weighted by Gasteiger charge is -2.06. The Morgan fingerprint density at radius 2 is 1.91 bits per heavy atom. The standard InChI is InChI=1S/C12H13N7O2S/c13-22(20,21)10-3-1-9(2-4-10)7-8-14-11-5-6-12-15-17-18-19(12)16-11/h1-6H,7-8H2,(H,14,16)(H2,13,20,21). The van der Waals surface area contributed by atoms with Gasteiger partial charge in [-0.15, -0.1) is 14.8 Å². The van der Waals surface area contributed by atoms with Crippen LogP contribution < -0.4 is 10.5 Å². The monoisotopic (exact) mass is 319 g/mol. The number of hydrogen-bond acceptors (Lipinski definition) is 7. The van der Waals surface area contributed by atoms with E-state index >= 15 is 0 Å². The molecule has 3 N–H and O–H groups in total. The SMILES string of the molecule is NS(=O)(=O)c1ccc(CCNc2ccc3nnnn3n2)cc1. The lowest BCUT2D eigenvalue weighted by molar-refractivity contribution is 0.598. The van der Waals surface area contributed by atoms with E-state index in [1.54, 1.807) is 24.3 Å². The van der Waals surface area contributed by atoms with Gasteiger partial charge in [-0.05, 0) is 46.7 Å². The molecule has 3 rings (SSSR count). The summed E-state index contributed by atoms with van der Waals surface area (Å²) in [7, 11) is -3.65. The predicted molar refractivity (Wildman–Crippen MR) is 78.6 cm³/mol. The Labute approximate surface area is 126 Å². The zero-order valence-electron chi connectivity index (χ0n) is 11.4. The molecule has 0 radical (unpaired) electrons. The smallest absolute Gasteiger partial charge is 0.238 e. The molecule has 1 aromatic carbocycles. The summed E-state index contributed by atoms with van der Waals surface area (Å²) in [6.45, 7) is 0.634. The number of sulfonamides is 1. The zero-order valence-corrected chi connectivity index (χ0v) is 12.2. The molecule has 114 valence electrons. The number of tetrazole rings is 1. The molecule has 0 saturated heterocycles. The fourth-order valence-electron chi connectivity index (χ4n) is 1.92. The van der Waals surface area contributed by atoms with Gasteiger partial charge in [0.1, 0.15) is 5.82 Å². The maximum absolute atomic E-state index is 11.2. The van der Waals surface area contributed by atoms with E-state index in [1.807, 2.05) is 0 Å². The van der Waals surface area contributed by atoms with E-state index in [1.165, 1.54) is 16.8 Å². The number of hydrogen-bond donors (Lipinski definition) is 2. The maximum Gasteiger partial charge on any atom is 0.238 e. The Hall–Kier alpha value is -2.59. The Kier molecular flexibility index (Phi) is 3.69. The molecule has 0 aliphatic heterocycles. The van der Waals surface area contributed by atoms with Crippen LogP contribution in [0.1, 0.15) is 5.56 Å². The van der Waals surface area contributed by atoms with Crippen molar-refractivity contribution in [1.29, 1.82) is 0 Å². The number of nitrogens with one attached hydrogen (secondary N) is 1. The molecule has 0 aliphatic rings. The third kappa shape index (κ3) is 3.18. The third-order valence-corrected chi connectivity index (χ3v) is 3.97. The average molecular weight is 319 g/mol. The highest BCUT2D eigenvalue weighted by atomic mass is 32.2. The molecule has 3 aromatic rings. The van der Waals surface area contributed by atoms with Crippen LogP contribution in [0.25, 0.3) is 5.65 Å². The van der Waals surface area contributed by atoms with E-state index in [0.29, 0.717) is 24.4 Å². The normalized spacial score (nSPS) is 11.7. The van der Waals surface area contributed by atoms with Gasteiger partial charge in [0.25, 0.3) is 0 Å². The summed E-state index contributed by atoms with van der Waals surface area (Å²) in [5.74, 6) is 0.654. The van der Waals surface area contributed by atoms with E-state index in [-0.39, 0.29) is 4.90 Å². The third-order valence-electron chi connectivity index (χ3n) is 3.04. The van der Waals surface area contributed by atoms with Crippen molar-refractivity contribution in [3.05, 3.63) is 42.0 Å². The minimum absolute atomic E-state index is 0.106. The molecular weight excluding hydrogens is 306 g/mol. The van der Waals surface area contributed by atoms with E-state index in [4.69, 9.17) is 5.14 Å². The number of anilines is 1. The highest BCUT2D eigenvalue weighted by Crippen LogP contribution is 2.10. The fourth-order valence-corrected chi connectivity index (χ4v) is 2.44. The van der Waals surface area contributed by atoms with Gasteiger partial charge in [0.05, 0.1) is 4.90 Å². The molecule has 0 bridgehead atoms. The molecule has 0 fully saturated rings. The topological polar surface area (TPSA) is 128 Å². The molecule has 0 unspecified atom stereocenters. The summed E-state index contributed by atoms with van der Waals surface area (Å²) in [4.78, 5) is 0.106. The molecule has 0 spiro atoms. The lowest BCUT2D eigenvalue weighted by Crippen LogP contribution is -2.12. The number of primary sulfonamides is 1. The summed E-state index contributed by atoms with van der Waals surface area (Å²) in [5.41, 5.74) is 1.56. The molecular formula is C12H13N7O2S.